The zero-order chi connectivity index (χ0) is 15.0. The lowest BCUT2D eigenvalue weighted by atomic mass is 9.73. The average Bonchev–Trinajstić information content (AvgIpc) is 2.54. The molecule has 21 heavy (non-hydrogen) atoms. The van der Waals surface area contributed by atoms with Gasteiger partial charge < -0.3 is 5.73 Å². The van der Waals surface area contributed by atoms with E-state index in [1.54, 1.807) is 0 Å². The van der Waals surface area contributed by atoms with E-state index in [0.29, 0.717) is 0 Å². The van der Waals surface area contributed by atoms with Crippen molar-refractivity contribution < 1.29 is 0 Å². The van der Waals surface area contributed by atoms with Crippen LogP contribution in [-0.2, 0) is 12.8 Å². The lowest BCUT2D eigenvalue weighted by Crippen LogP contribution is -2.35. The molecule has 0 aliphatic rings. The van der Waals surface area contributed by atoms with Crippen molar-refractivity contribution in [3.8, 4) is 0 Å². The highest BCUT2D eigenvalue weighted by atomic mass is 14.6. The molecule has 0 saturated carbocycles. The van der Waals surface area contributed by atoms with Crippen molar-refractivity contribution in [2.24, 2.45) is 11.1 Å². The largest absolute Gasteiger partial charge is 0.330 e. The van der Waals surface area contributed by atoms with Crippen LogP contribution in [0.5, 0.6) is 0 Å². The second kappa shape index (κ2) is 7.99. The smallest absolute Gasteiger partial charge is 0.00141 e. The SMILES string of the molecule is CCCCC(CN)(Cc1ccccc1)Cc1ccccc1. The normalized spacial score (nSPS) is 11.5. The topological polar surface area (TPSA) is 26.0 Å². The summed E-state index contributed by atoms with van der Waals surface area (Å²) in [6.45, 7) is 3.00. The molecule has 0 amide bonds. The summed E-state index contributed by atoms with van der Waals surface area (Å²) in [5.41, 5.74) is 9.22. The molecule has 0 saturated heterocycles. The molecule has 0 heterocycles. The number of benzene rings is 2. The minimum absolute atomic E-state index is 0.179. The lowest BCUT2D eigenvalue weighted by Gasteiger charge is -2.33. The second-order valence-corrected chi connectivity index (χ2v) is 6.13. The first kappa shape index (κ1) is 15.8. The monoisotopic (exact) mass is 281 g/mol. The summed E-state index contributed by atoms with van der Waals surface area (Å²) in [4.78, 5) is 0. The lowest BCUT2D eigenvalue weighted by molar-refractivity contribution is 0.259. The molecule has 1 heteroatoms. The van der Waals surface area contributed by atoms with Crippen LogP contribution in [0.15, 0.2) is 60.7 Å². The Hall–Kier alpha value is -1.60. The molecule has 0 aliphatic carbocycles. The van der Waals surface area contributed by atoms with E-state index in [0.717, 1.165) is 19.4 Å². The summed E-state index contributed by atoms with van der Waals surface area (Å²) in [6, 6.07) is 21.6. The van der Waals surface area contributed by atoms with E-state index in [4.69, 9.17) is 5.73 Å². The van der Waals surface area contributed by atoms with Crippen LogP contribution < -0.4 is 5.73 Å². The van der Waals surface area contributed by atoms with Crippen LogP contribution in [0, 0.1) is 5.41 Å². The van der Waals surface area contributed by atoms with Crippen molar-refractivity contribution in [2.75, 3.05) is 6.54 Å². The fraction of sp³-hybridized carbons (Fsp3) is 0.400. The zero-order valence-corrected chi connectivity index (χ0v) is 13.1. The molecule has 0 spiro atoms. The first-order valence-corrected chi connectivity index (χ1v) is 8.06. The van der Waals surface area contributed by atoms with Gasteiger partial charge in [-0.3, -0.25) is 0 Å². The molecule has 2 rings (SSSR count). The summed E-state index contributed by atoms with van der Waals surface area (Å²) >= 11 is 0. The van der Waals surface area contributed by atoms with E-state index < -0.39 is 0 Å². The summed E-state index contributed by atoms with van der Waals surface area (Å²) < 4.78 is 0. The van der Waals surface area contributed by atoms with Crippen LogP contribution in [0.3, 0.4) is 0 Å². The Balaban J connectivity index is 2.20. The molecule has 0 aliphatic heterocycles. The van der Waals surface area contributed by atoms with Gasteiger partial charge in [0.25, 0.3) is 0 Å². The molecule has 2 aromatic carbocycles. The predicted octanol–water partition coefficient (Wildman–Crippen LogP) is 4.61. The molecular formula is C20H27N. The number of unbranched alkanes of at least 4 members (excludes halogenated alkanes) is 1. The van der Waals surface area contributed by atoms with Gasteiger partial charge in [0.15, 0.2) is 0 Å². The van der Waals surface area contributed by atoms with Crippen LogP contribution in [-0.4, -0.2) is 6.54 Å². The third-order valence-corrected chi connectivity index (χ3v) is 4.34. The Morgan fingerprint density at radius 3 is 1.67 bits per heavy atom. The highest BCUT2D eigenvalue weighted by Gasteiger charge is 2.28. The molecule has 0 fully saturated rings. The van der Waals surface area contributed by atoms with Crippen LogP contribution >= 0.6 is 0 Å². The highest BCUT2D eigenvalue weighted by Crippen LogP contribution is 2.32. The standard InChI is InChI=1S/C20H27N/c1-2-3-14-20(17-21,15-18-10-6-4-7-11-18)16-19-12-8-5-9-13-19/h4-13H,2-3,14-17,21H2,1H3. The van der Waals surface area contributed by atoms with Crippen LogP contribution in [0.1, 0.15) is 37.3 Å². The summed E-state index contributed by atoms with van der Waals surface area (Å²) in [7, 11) is 0. The summed E-state index contributed by atoms with van der Waals surface area (Å²) in [5, 5.41) is 0. The molecule has 0 atom stereocenters. The Kier molecular flexibility index (Phi) is 6.01. The number of hydrogen-bond acceptors (Lipinski definition) is 1. The van der Waals surface area contributed by atoms with Gasteiger partial charge in [0, 0.05) is 0 Å². The van der Waals surface area contributed by atoms with Gasteiger partial charge in [0.05, 0.1) is 0 Å². The minimum atomic E-state index is 0.179. The van der Waals surface area contributed by atoms with Crippen molar-refractivity contribution in [1.29, 1.82) is 0 Å². The van der Waals surface area contributed by atoms with Crippen molar-refractivity contribution in [3.05, 3.63) is 71.8 Å². The van der Waals surface area contributed by atoms with Gasteiger partial charge in [-0.05, 0) is 42.3 Å². The quantitative estimate of drug-likeness (QED) is 0.751. The van der Waals surface area contributed by atoms with Gasteiger partial charge in [-0.15, -0.1) is 0 Å². The van der Waals surface area contributed by atoms with E-state index in [-0.39, 0.29) is 5.41 Å². The Labute approximate surface area is 129 Å². The Morgan fingerprint density at radius 1 is 0.810 bits per heavy atom. The van der Waals surface area contributed by atoms with Gasteiger partial charge in [-0.1, -0.05) is 80.4 Å². The third kappa shape index (κ3) is 4.71. The maximum atomic E-state index is 6.24. The third-order valence-electron chi connectivity index (χ3n) is 4.34. The van der Waals surface area contributed by atoms with Crippen LogP contribution in [0.2, 0.25) is 0 Å². The van der Waals surface area contributed by atoms with Crippen molar-refractivity contribution in [1.82, 2.24) is 0 Å². The second-order valence-electron chi connectivity index (χ2n) is 6.13. The van der Waals surface area contributed by atoms with Crippen LogP contribution in [0.25, 0.3) is 0 Å². The number of nitrogens with two attached hydrogens (primary N) is 1. The van der Waals surface area contributed by atoms with Gasteiger partial charge in [0.1, 0.15) is 0 Å². The number of hydrogen-bond donors (Lipinski definition) is 1. The van der Waals surface area contributed by atoms with E-state index in [1.165, 1.54) is 30.4 Å². The van der Waals surface area contributed by atoms with Gasteiger partial charge in [0.2, 0.25) is 0 Å². The molecule has 112 valence electrons. The molecule has 0 bridgehead atoms. The number of rotatable bonds is 8. The fourth-order valence-corrected chi connectivity index (χ4v) is 3.10. The summed E-state index contributed by atoms with van der Waals surface area (Å²) in [6.07, 6.45) is 5.81. The fourth-order valence-electron chi connectivity index (χ4n) is 3.10. The van der Waals surface area contributed by atoms with Crippen molar-refractivity contribution in [3.63, 3.8) is 0 Å². The first-order valence-electron chi connectivity index (χ1n) is 8.06. The molecule has 0 radical (unpaired) electrons. The predicted molar refractivity (Wildman–Crippen MR) is 91.3 cm³/mol. The minimum Gasteiger partial charge on any atom is -0.330 e. The van der Waals surface area contributed by atoms with E-state index in [1.807, 2.05) is 0 Å². The Morgan fingerprint density at radius 2 is 1.29 bits per heavy atom. The molecule has 2 aromatic rings. The molecule has 0 aromatic heterocycles. The van der Waals surface area contributed by atoms with Gasteiger partial charge in [-0.2, -0.15) is 0 Å². The molecule has 1 nitrogen and oxygen atoms in total. The molecule has 2 N–H and O–H groups in total. The van der Waals surface area contributed by atoms with Gasteiger partial charge in [-0.25, -0.2) is 0 Å². The maximum Gasteiger partial charge on any atom is -0.00141 e. The average molecular weight is 281 g/mol. The summed E-state index contributed by atoms with van der Waals surface area (Å²) in [5.74, 6) is 0. The van der Waals surface area contributed by atoms with E-state index in [9.17, 15) is 0 Å². The highest BCUT2D eigenvalue weighted by molar-refractivity contribution is 5.21. The maximum absolute atomic E-state index is 6.24. The van der Waals surface area contributed by atoms with E-state index in [2.05, 4.69) is 67.6 Å². The van der Waals surface area contributed by atoms with Crippen LogP contribution in [0.4, 0.5) is 0 Å². The van der Waals surface area contributed by atoms with Crippen molar-refractivity contribution >= 4 is 0 Å². The van der Waals surface area contributed by atoms with Gasteiger partial charge >= 0.3 is 0 Å². The van der Waals surface area contributed by atoms with E-state index >= 15 is 0 Å². The zero-order valence-electron chi connectivity index (χ0n) is 13.1. The Bertz CT molecular complexity index is 462. The first-order chi connectivity index (χ1) is 10.3. The molecular weight excluding hydrogens is 254 g/mol. The molecule has 0 unspecified atom stereocenters. The van der Waals surface area contributed by atoms with Crippen molar-refractivity contribution in [2.45, 2.75) is 39.0 Å².